The van der Waals surface area contributed by atoms with E-state index in [1.807, 2.05) is 0 Å². The summed E-state index contributed by atoms with van der Waals surface area (Å²) in [5, 5.41) is 0. The van der Waals surface area contributed by atoms with Crippen molar-refractivity contribution in [3.8, 4) is 0 Å². The van der Waals surface area contributed by atoms with Crippen LogP contribution >= 0.6 is 0 Å². The molecule has 0 aromatic heterocycles. The standard InChI is InChI=1S/C3H3F5N/c4-1-2(5,6)3(7,8)9/h9H,1H2. The Bertz CT molecular complexity index is 94.9. The molecular formula is C3H3F5N. The second kappa shape index (κ2) is 2.09. The largest absolute Gasteiger partial charge is 0.380 e. The van der Waals surface area contributed by atoms with E-state index in [4.69, 9.17) is 5.73 Å². The minimum atomic E-state index is -5.01. The van der Waals surface area contributed by atoms with Gasteiger partial charge in [-0.3, -0.25) is 0 Å². The van der Waals surface area contributed by atoms with Crippen molar-refractivity contribution in [2.75, 3.05) is 6.67 Å². The molecule has 0 atom stereocenters. The van der Waals surface area contributed by atoms with E-state index in [2.05, 4.69) is 0 Å². The lowest BCUT2D eigenvalue weighted by molar-refractivity contribution is -0.216. The highest BCUT2D eigenvalue weighted by atomic mass is 19.3. The summed E-state index contributed by atoms with van der Waals surface area (Å²) in [5.41, 5.74) is 5.41. The van der Waals surface area contributed by atoms with E-state index in [1.165, 1.54) is 0 Å². The molecule has 0 aliphatic carbocycles. The molecule has 0 spiro atoms. The molecule has 0 saturated carbocycles. The molecule has 0 bridgehead atoms. The predicted molar refractivity (Wildman–Crippen MR) is 19.0 cm³/mol. The Hall–Kier alpha value is -0.390. The van der Waals surface area contributed by atoms with Crippen molar-refractivity contribution in [3.05, 3.63) is 0 Å². The van der Waals surface area contributed by atoms with Gasteiger partial charge in [0.25, 0.3) is 0 Å². The topological polar surface area (TPSA) is 23.8 Å². The minimum Gasteiger partial charge on any atom is -0.244 e. The first kappa shape index (κ1) is 8.61. The molecule has 0 heterocycles. The summed E-state index contributed by atoms with van der Waals surface area (Å²) < 4.78 is 56.0. The zero-order valence-corrected chi connectivity index (χ0v) is 4.10. The second-order valence-electron chi connectivity index (χ2n) is 1.41. The van der Waals surface area contributed by atoms with Gasteiger partial charge in [-0.05, 0) is 0 Å². The van der Waals surface area contributed by atoms with Gasteiger partial charge in [0.15, 0.2) is 6.67 Å². The van der Waals surface area contributed by atoms with Crippen molar-refractivity contribution >= 4 is 0 Å². The van der Waals surface area contributed by atoms with Gasteiger partial charge in [0.1, 0.15) is 0 Å². The molecule has 0 aliphatic rings. The smallest absolute Gasteiger partial charge is 0.244 e. The lowest BCUT2D eigenvalue weighted by atomic mass is 10.3. The molecular weight excluding hydrogens is 145 g/mol. The molecule has 0 amide bonds. The average molecular weight is 148 g/mol. The van der Waals surface area contributed by atoms with Crippen LogP contribution in [0.5, 0.6) is 0 Å². The van der Waals surface area contributed by atoms with Crippen molar-refractivity contribution in [2.45, 2.75) is 12.0 Å². The zero-order valence-electron chi connectivity index (χ0n) is 4.10. The van der Waals surface area contributed by atoms with Gasteiger partial charge < -0.3 is 0 Å². The second-order valence-corrected chi connectivity index (χ2v) is 1.41. The fourth-order valence-electron chi connectivity index (χ4n) is 0.0839. The molecule has 6 heteroatoms. The van der Waals surface area contributed by atoms with Crippen LogP contribution in [0.25, 0.3) is 0 Å². The summed E-state index contributed by atoms with van der Waals surface area (Å²) >= 11 is 0. The molecule has 0 saturated heterocycles. The van der Waals surface area contributed by atoms with Crippen molar-refractivity contribution < 1.29 is 22.0 Å². The quantitative estimate of drug-likeness (QED) is 0.418. The van der Waals surface area contributed by atoms with Crippen LogP contribution in [0.1, 0.15) is 0 Å². The molecule has 9 heavy (non-hydrogen) atoms. The van der Waals surface area contributed by atoms with E-state index < -0.39 is 18.6 Å². The minimum absolute atomic E-state index is 2.51. The van der Waals surface area contributed by atoms with E-state index in [9.17, 15) is 22.0 Å². The molecule has 0 rings (SSSR count). The van der Waals surface area contributed by atoms with Crippen LogP contribution in [-0.4, -0.2) is 18.6 Å². The van der Waals surface area contributed by atoms with Crippen molar-refractivity contribution in [1.82, 2.24) is 5.73 Å². The number of alkyl halides is 5. The van der Waals surface area contributed by atoms with Gasteiger partial charge in [0, 0.05) is 0 Å². The maximum absolute atomic E-state index is 11.3. The Kier molecular flexibility index (Phi) is 2.00. The first-order valence-electron chi connectivity index (χ1n) is 1.88. The third-order valence-electron chi connectivity index (χ3n) is 0.627. The molecule has 1 nitrogen and oxygen atoms in total. The van der Waals surface area contributed by atoms with Crippen LogP contribution in [0.4, 0.5) is 22.0 Å². The Labute approximate surface area is 47.6 Å². The molecule has 1 radical (unpaired) electrons. The van der Waals surface area contributed by atoms with Gasteiger partial charge >= 0.3 is 12.0 Å². The van der Waals surface area contributed by atoms with E-state index >= 15 is 0 Å². The van der Waals surface area contributed by atoms with Gasteiger partial charge in [-0.15, -0.1) is 0 Å². The monoisotopic (exact) mass is 148 g/mol. The number of hydrogen-bond acceptors (Lipinski definition) is 0. The van der Waals surface area contributed by atoms with E-state index in [0.717, 1.165) is 0 Å². The van der Waals surface area contributed by atoms with Crippen molar-refractivity contribution in [3.63, 3.8) is 0 Å². The number of halogens is 5. The summed E-state index contributed by atoms with van der Waals surface area (Å²) in [7, 11) is 0. The Morgan fingerprint density at radius 2 is 1.44 bits per heavy atom. The number of rotatable bonds is 2. The Morgan fingerprint density at radius 1 is 1.11 bits per heavy atom. The van der Waals surface area contributed by atoms with Crippen LogP contribution < -0.4 is 5.73 Å². The maximum atomic E-state index is 11.3. The maximum Gasteiger partial charge on any atom is 0.380 e. The summed E-state index contributed by atoms with van der Waals surface area (Å²) in [5.74, 6) is -4.85. The Morgan fingerprint density at radius 3 is 1.44 bits per heavy atom. The van der Waals surface area contributed by atoms with E-state index in [1.54, 1.807) is 0 Å². The van der Waals surface area contributed by atoms with Gasteiger partial charge in [-0.25, -0.2) is 4.39 Å². The van der Waals surface area contributed by atoms with Crippen LogP contribution in [0.15, 0.2) is 0 Å². The van der Waals surface area contributed by atoms with Gasteiger partial charge in [0.05, 0.1) is 0 Å². The van der Waals surface area contributed by atoms with Gasteiger partial charge in [0.2, 0.25) is 0 Å². The molecule has 1 N–H and O–H groups in total. The van der Waals surface area contributed by atoms with E-state index in [-0.39, 0.29) is 0 Å². The first-order valence-corrected chi connectivity index (χ1v) is 1.88. The van der Waals surface area contributed by atoms with Crippen LogP contribution in [0.3, 0.4) is 0 Å². The third kappa shape index (κ3) is 1.78. The molecule has 0 unspecified atom stereocenters. The van der Waals surface area contributed by atoms with Crippen LogP contribution in [0, 0.1) is 0 Å². The fourth-order valence-corrected chi connectivity index (χ4v) is 0.0839. The first-order chi connectivity index (χ1) is 3.81. The number of hydrogen-bond donors (Lipinski definition) is 0. The summed E-state index contributed by atoms with van der Waals surface area (Å²) in [6.07, 6.45) is 0. The van der Waals surface area contributed by atoms with Crippen molar-refractivity contribution in [1.29, 1.82) is 0 Å². The normalized spacial score (nSPS) is 14.0. The fraction of sp³-hybridized carbons (Fsp3) is 1.00. The van der Waals surface area contributed by atoms with Gasteiger partial charge in [-0.1, -0.05) is 0 Å². The Balaban J connectivity index is 4.14. The zero-order chi connectivity index (χ0) is 7.71. The highest BCUT2D eigenvalue weighted by molar-refractivity contribution is 4.76. The number of nitrogens with one attached hydrogen (secondary N) is 1. The molecule has 55 valence electrons. The predicted octanol–water partition coefficient (Wildman–Crippen LogP) is 1.47. The highest BCUT2D eigenvalue weighted by Crippen LogP contribution is 2.30. The summed E-state index contributed by atoms with van der Waals surface area (Å²) in [6, 6.07) is -5.01. The summed E-state index contributed by atoms with van der Waals surface area (Å²) in [6.45, 7) is -2.51. The van der Waals surface area contributed by atoms with Gasteiger partial charge in [-0.2, -0.15) is 23.3 Å². The highest BCUT2D eigenvalue weighted by Gasteiger charge is 2.54. The lowest BCUT2D eigenvalue weighted by Crippen LogP contribution is -2.43. The molecule has 0 aromatic carbocycles. The summed E-state index contributed by atoms with van der Waals surface area (Å²) in [4.78, 5) is 0. The third-order valence-corrected chi connectivity index (χ3v) is 0.627. The van der Waals surface area contributed by atoms with Crippen LogP contribution in [-0.2, 0) is 0 Å². The van der Waals surface area contributed by atoms with Crippen LogP contribution in [0.2, 0.25) is 0 Å². The van der Waals surface area contributed by atoms with Crippen molar-refractivity contribution in [2.24, 2.45) is 0 Å². The average Bonchev–Trinajstić information content (AvgIpc) is 1.64. The molecule has 0 aliphatic heterocycles. The molecule has 0 fully saturated rings. The van der Waals surface area contributed by atoms with E-state index in [0.29, 0.717) is 0 Å². The lowest BCUT2D eigenvalue weighted by Gasteiger charge is -2.17. The molecule has 0 aromatic rings. The SMILES string of the molecule is [NH]C(F)(F)C(F)(F)CF.